The molecular weight excluding hydrogens is 320 g/mol. The van der Waals surface area contributed by atoms with Crippen LogP contribution >= 0.6 is 0 Å². The van der Waals surface area contributed by atoms with Crippen LogP contribution in [0.2, 0.25) is 0 Å². The van der Waals surface area contributed by atoms with Gasteiger partial charge in [-0.25, -0.2) is 4.79 Å². The Balaban J connectivity index is 2.14. The zero-order chi connectivity index (χ0) is 18.6. The molecule has 1 amide bonds. The number of hydrogen-bond acceptors (Lipinski definition) is 5. The first-order valence-corrected chi connectivity index (χ1v) is 8.56. The molecule has 1 aliphatic heterocycles. The van der Waals surface area contributed by atoms with E-state index in [0.717, 1.165) is 16.7 Å². The molecule has 1 fully saturated rings. The molecule has 1 aromatic rings. The van der Waals surface area contributed by atoms with Gasteiger partial charge in [-0.05, 0) is 50.3 Å². The fraction of sp³-hybridized carbons (Fsp3) is 0.579. The number of carbonyl (C=O) groups is 2. The summed E-state index contributed by atoms with van der Waals surface area (Å²) in [4.78, 5) is 30.2. The Kier molecular flexibility index (Phi) is 6.19. The zero-order valence-electron chi connectivity index (χ0n) is 15.8. The molecule has 1 saturated heterocycles. The number of rotatable bonds is 5. The van der Waals surface area contributed by atoms with Crippen molar-refractivity contribution in [1.82, 2.24) is 10.4 Å². The molecule has 0 aliphatic carbocycles. The van der Waals surface area contributed by atoms with Gasteiger partial charge in [0.1, 0.15) is 5.54 Å². The minimum atomic E-state index is -0.979. The van der Waals surface area contributed by atoms with E-state index in [0.29, 0.717) is 25.9 Å². The predicted octanol–water partition coefficient (Wildman–Crippen LogP) is 1.84. The van der Waals surface area contributed by atoms with Crippen molar-refractivity contribution in [2.75, 3.05) is 27.3 Å². The summed E-state index contributed by atoms with van der Waals surface area (Å²) in [6, 6.07) is 4.14. The average molecular weight is 348 g/mol. The van der Waals surface area contributed by atoms with Gasteiger partial charge in [-0.3, -0.25) is 4.79 Å². The van der Waals surface area contributed by atoms with E-state index in [1.807, 2.05) is 20.8 Å². The third-order valence-electron chi connectivity index (χ3n) is 4.97. The lowest BCUT2D eigenvalue weighted by molar-refractivity contribution is -0.171. The number of hydrogen-bond donors (Lipinski definition) is 1. The molecule has 2 rings (SSSR count). The molecule has 0 aromatic heterocycles. The molecule has 138 valence electrons. The molecule has 0 unspecified atom stereocenters. The van der Waals surface area contributed by atoms with E-state index in [2.05, 4.69) is 17.4 Å². The fourth-order valence-electron chi connectivity index (χ4n) is 3.59. The molecule has 0 spiro atoms. The van der Waals surface area contributed by atoms with Crippen LogP contribution in [0.1, 0.15) is 35.1 Å². The van der Waals surface area contributed by atoms with E-state index < -0.39 is 11.5 Å². The van der Waals surface area contributed by atoms with Crippen molar-refractivity contribution in [2.45, 2.75) is 45.6 Å². The summed E-state index contributed by atoms with van der Waals surface area (Å²) in [6.07, 6.45) is 1.18. The topological polar surface area (TPSA) is 67.9 Å². The van der Waals surface area contributed by atoms with E-state index in [1.165, 1.54) is 12.7 Å². The van der Waals surface area contributed by atoms with Gasteiger partial charge in [-0.1, -0.05) is 17.7 Å². The van der Waals surface area contributed by atoms with E-state index in [9.17, 15) is 9.59 Å². The Morgan fingerprint density at radius 2 is 1.68 bits per heavy atom. The summed E-state index contributed by atoms with van der Waals surface area (Å²) >= 11 is 0. The molecule has 0 saturated carbocycles. The number of hydroxylamine groups is 2. The number of esters is 1. The Bertz CT molecular complexity index is 626. The van der Waals surface area contributed by atoms with Crippen LogP contribution in [0.15, 0.2) is 12.1 Å². The lowest BCUT2D eigenvalue weighted by atomic mass is 9.87. The fourth-order valence-corrected chi connectivity index (χ4v) is 3.59. The van der Waals surface area contributed by atoms with Crippen molar-refractivity contribution in [3.8, 4) is 0 Å². The van der Waals surface area contributed by atoms with Crippen molar-refractivity contribution in [2.24, 2.45) is 0 Å². The van der Waals surface area contributed by atoms with E-state index >= 15 is 0 Å². The first-order chi connectivity index (χ1) is 11.8. The Morgan fingerprint density at radius 3 is 2.16 bits per heavy atom. The molecule has 0 atom stereocenters. The number of amides is 1. The third-order valence-corrected chi connectivity index (χ3v) is 4.97. The number of nitrogens with zero attached hydrogens (tertiary/aromatic N) is 1. The molecule has 6 heteroatoms. The molecular formula is C19H28N2O4. The number of methoxy groups -OCH3 is 1. The smallest absolute Gasteiger partial charge is 0.331 e. The Labute approximate surface area is 149 Å². The molecule has 1 heterocycles. The van der Waals surface area contributed by atoms with Gasteiger partial charge in [0.05, 0.1) is 20.6 Å². The largest absolute Gasteiger partial charge is 0.467 e. The average Bonchev–Trinajstić information content (AvgIpc) is 2.58. The van der Waals surface area contributed by atoms with Crippen LogP contribution in [0, 0.1) is 20.8 Å². The highest BCUT2D eigenvalue weighted by Gasteiger charge is 2.44. The van der Waals surface area contributed by atoms with Crippen LogP contribution in [0.3, 0.4) is 0 Å². The van der Waals surface area contributed by atoms with Crippen LogP contribution in [0.4, 0.5) is 0 Å². The van der Waals surface area contributed by atoms with Gasteiger partial charge >= 0.3 is 5.97 Å². The van der Waals surface area contributed by atoms with Gasteiger partial charge in [0.25, 0.3) is 0 Å². The van der Waals surface area contributed by atoms with Gasteiger partial charge in [0.2, 0.25) is 5.91 Å². The maximum atomic E-state index is 12.7. The monoisotopic (exact) mass is 348 g/mol. The molecule has 0 radical (unpaired) electrons. The number of ether oxygens (including phenoxy) is 1. The highest BCUT2D eigenvalue weighted by molar-refractivity contribution is 5.89. The van der Waals surface area contributed by atoms with Gasteiger partial charge in [0.15, 0.2) is 0 Å². The first-order valence-electron chi connectivity index (χ1n) is 8.56. The first kappa shape index (κ1) is 19.4. The molecule has 0 bridgehead atoms. The van der Waals surface area contributed by atoms with Gasteiger partial charge in [0, 0.05) is 13.1 Å². The normalized spacial score (nSPS) is 17.2. The summed E-state index contributed by atoms with van der Waals surface area (Å²) in [7, 11) is 2.96. The number of benzene rings is 1. The number of piperidine rings is 1. The summed E-state index contributed by atoms with van der Waals surface area (Å²) in [5.74, 6) is -0.555. The van der Waals surface area contributed by atoms with Crippen molar-refractivity contribution in [3.05, 3.63) is 34.4 Å². The second-order valence-corrected chi connectivity index (χ2v) is 6.79. The van der Waals surface area contributed by atoms with Crippen LogP contribution in [0.25, 0.3) is 0 Å². The Hall–Kier alpha value is -1.92. The van der Waals surface area contributed by atoms with Crippen molar-refractivity contribution in [1.29, 1.82) is 0 Å². The minimum Gasteiger partial charge on any atom is -0.467 e. The van der Waals surface area contributed by atoms with Gasteiger partial charge in [-0.2, -0.15) is 5.06 Å². The maximum absolute atomic E-state index is 12.7. The van der Waals surface area contributed by atoms with Gasteiger partial charge < -0.3 is 14.9 Å². The summed E-state index contributed by atoms with van der Waals surface area (Å²) < 4.78 is 4.96. The predicted molar refractivity (Wildman–Crippen MR) is 95.1 cm³/mol. The lowest BCUT2D eigenvalue weighted by Gasteiger charge is -2.39. The summed E-state index contributed by atoms with van der Waals surface area (Å²) in [5, 5.41) is 4.73. The molecule has 1 aliphatic rings. The van der Waals surface area contributed by atoms with Crippen molar-refractivity contribution >= 4 is 11.9 Å². The summed E-state index contributed by atoms with van der Waals surface area (Å²) in [6.45, 7) is 7.19. The quantitative estimate of drug-likeness (QED) is 0.823. The third kappa shape index (κ3) is 4.38. The highest BCUT2D eigenvalue weighted by Crippen LogP contribution is 2.25. The summed E-state index contributed by atoms with van der Waals surface area (Å²) in [5.41, 5.74) is 3.39. The highest BCUT2D eigenvalue weighted by atomic mass is 16.7. The van der Waals surface area contributed by atoms with E-state index in [1.54, 1.807) is 12.2 Å². The van der Waals surface area contributed by atoms with E-state index in [4.69, 9.17) is 9.57 Å². The van der Waals surface area contributed by atoms with E-state index in [-0.39, 0.29) is 12.3 Å². The lowest BCUT2D eigenvalue weighted by Crippen LogP contribution is -2.60. The van der Waals surface area contributed by atoms with Gasteiger partial charge in [-0.15, -0.1) is 0 Å². The number of nitrogens with one attached hydrogen (secondary N) is 1. The molecule has 25 heavy (non-hydrogen) atoms. The number of carbonyl (C=O) groups excluding carboxylic acids is 2. The SMILES string of the molecule is COC(=O)C1(NC(=O)Cc2c(C)cc(C)cc2C)CCN(OC)CC1. The minimum absolute atomic E-state index is 0.161. The molecule has 1 N–H and O–H groups in total. The zero-order valence-corrected chi connectivity index (χ0v) is 15.8. The van der Waals surface area contributed by atoms with Crippen molar-refractivity contribution in [3.63, 3.8) is 0 Å². The molecule has 6 nitrogen and oxygen atoms in total. The Morgan fingerprint density at radius 1 is 1.12 bits per heavy atom. The standard InChI is InChI=1S/C19H28N2O4/c1-13-10-14(2)16(15(3)11-13)12-17(22)20-19(18(23)24-4)6-8-21(25-5)9-7-19/h10-11H,6-9,12H2,1-5H3,(H,20,22). The van der Waals surface area contributed by atoms with Crippen LogP contribution in [0.5, 0.6) is 0 Å². The maximum Gasteiger partial charge on any atom is 0.331 e. The van der Waals surface area contributed by atoms with Crippen LogP contribution in [-0.2, 0) is 25.6 Å². The van der Waals surface area contributed by atoms with Crippen LogP contribution < -0.4 is 5.32 Å². The van der Waals surface area contributed by atoms with Crippen LogP contribution in [-0.4, -0.2) is 49.8 Å². The van der Waals surface area contributed by atoms with Crippen molar-refractivity contribution < 1.29 is 19.2 Å². The second-order valence-electron chi connectivity index (χ2n) is 6.79. The molecule has 1 aromatic carbocycles. The second kappa shape index (κ2) is 7.97. The number of aryl methyl sites for hydroxylation is 3.